The fourth-order valence-electron chi connectivity index (χ4n) is 3.31. The summed E-state index contributed by atoms with van der Waals surface area (Å²) in [4.78, 5) is 15.6. The molecule has 1 aliphatic rings. The number of nitrogens with zero attached hydrogens (tertiary/aromatic N) is 1. The van der Waals surface area contributed by atoms with Crippen molar-refractivity contribution >= 4 is 44.6 Å². The van der Waals surface area contributed by atoms with Crippen LogP contribution >= 0.6 is 22.9 Å². The van der Waals surface area contributed by atoms with Crippen molar-refractivity contribution in [2.24, 2.45) is 0 Å². The Labute approximate surface area is 172 Å². The summed E-state index contributed by atoms with van der Waals surface area (Å²) in [5.74, 6) is 0.447. The van der Waals surface area contributed by atoms with Crippen LogP contribution in [-0.2, 0) is 11.3 Å². The van der Waals surface area contributed by atoms with Gasteiger partial charge in [0.05, 0.1) is 20.3 Å². The molecule has 2 heterocycles. The fourth-order valence-corrected chi connectivity index (χ4v) is 4.67. The molecule has 2 aromatic carbocycles. The van der Waals surface area contributed by atoms with Gasteiger partial charge in [0.2, 0.25) is 0 Å². The topological polar surface area (TPSA) is 50.8 Å². The Bertz CT molecular complexity index is 981. The molecule has 7 heteroatoms. The Morgan fingerprint density at radius 3 is 2.68 bits per heavy atom. The van der Waals surface area contributed by atoms with Crippen LogP contribution in [0.5, 0.6) is 5.75 Å². The van der Waals surface area contributed by atoms with Gasteiger partial charge in [0.1, 0.15) is 10.6 Å². The van der Waals surface area contributed by atoms with Crippen LogP contribution in [0.25, 0.3) is 10.1 Å². The lowest BCUT2D eigenvalue weighted by Gasteiger charge is -2.28. The Kier molecular flexibility index (Phi) is 5.71. The van der Waals surface area contributed by atoms with Crippen molar-refractivity contribution < 1.29 is 14.3 Å². The number of anilines is 1. The first kappa shape index (κ1) is 19.1. The second-order valence-corrected chi connectivity index (χ2v) is 8.04. The van der Waals surface area contributed by atoms with E-state index in [0.29, 0.717) is 22.2 Å². The third-order valence-corrected chi connectivity index (χ3v) is 6.15. The minimum atomic E-state index is -0.147. The minimum absolute atomic E-state index is 0.147. The molecule has 0 spiro atoms. The van der Waals surface area contributed by atoms with E-state index in [1.54, 1.807) is 13.2 Å². The fraction of sp³-hybridized carbons (Fsp3) is 0.286. The third-order valence-electron chi connectivity index (χ3n) is 4.78. The van der Waals surface area contributed by atoms with Crippen LogP contribution in [-0.4, -0.2) is 39.3 Å². The lowest BCUT2D eigenvalue weighted by Crippen LogP contribution is -2.36. The molecule has 1 N–H and O–H groups in total. The highest BCUT2D eigenvalue weighted by Crippen LogP contribution is 2.38. The zero-order valence-electron chi connectivity index (χ0n) is 15.5. The molecule has 1 amide bonds. The lowest BCUT2D eigenvalue weighted by molar-refractivity contribution is 0.0952. The van der Waals surface area contributed by atoms with Crippen LogP contribution in [0.4, 0.5) is 5.69 Å². The van der Waals surface area contributed by atoms with Gasteiger partial charge in [0.15, 0.2) is 0 Å². The molecule has 1 saturated heterocycles. The Morgan fingerprint density at radius 2 is 1.96 bits per heavy atom. The summed E-state index contributed by atoms with van der Waals surface area (Å²) in [6.45, 7) is 3.80. The van der Waals surface area contributed by atoms with Gasteiger partial charge in [-0.3, -0.25) is 4.79 Å². The summed E-state index contributed by atoms with van der Waals surface area (Å²) >= 11 is 7.46. The predicted molar refractivity (Wildman–Crippen MR) is 114 cm³/mol. The van der Waals surface area contributed by atoms with Gasteiger partial charge < -0.3 is 19.7 Å². The standard InChI is InChI=1S/C21H21ClN2O3S/c1-26-19-17-7-4-15(22)12-18(17)28-20(19)21(25)23-13-14-2-5-16(6-3-14)24-8-10-27-11-9-24/h2-7,12H,8-11,13H2,1H3,(H,23,25). The summed E-state index contributed by atoms with van der Waals surface area (Å²) < 4.78 is 11.8. The Balaban J connectivity index is 1.45. The number of ether oxygens (including phenoxy) is 2. The molecule has 4 rings (SSSR count). The van der Waals surface area contributed by atoms with E-state index in [0.717, 1.165) is 42.0 Å². The molecule has 0 saturated carbocycles. The molecule has 5 nitrogen and oxygen atoms in total. The number of benzene rings is 2. The van der Waals surface area contributed by atoms with Gasteiger partial charge in [-0.15, -0.1) is 11.3 Å². The number of amides is 1. The molecule has 1 aromatic heterocycles. The van der Waals surface area contributed by atoms with Crippen LogP contribution in [0.1, 0.15) is 15.2 Å². The number of carbonyl (C=O) groups is 1. The van der Waals surface area contributed by atoms with Crippen molar-refractivity contribution in [3.05, 3.63) is 57.9 Å². The second-order valence-electron chi connectivity index (χ2n) is 6.55. The van der Waals surface area contributed by atoms with E-state index in [4.69, 9.17) is 21.1 Å². The number of hydrogen-bond acceptors (Lipinski definition) is 5. The van der Waals surface area contributed by atoms with Crippen molar-refractivity contribution in [3.63, 3.8) is 0 Å². The van der Waals surface area contributed by atoms with Crippen molar-refractivity contribution in [2.45, 2.75) is 6.54 Å². The van der Waals surface area contributed by atoms with Crippen LogP contribution < -0.4 is 15.0 Å². The summed E-state index contributed by atoms with van der Waals surface area (Å²) in [6.07, 6.45) is 0. The van der Waals surface area contributed by atoms with Crippen molar-refractivity contribution in [1.29, 1.82) is 0 Å². The molecule has 0 unspecified atom stereocenters. The number of rotatable bonds is 5. The van der Waals surface area contributed by atoms with E-state index >= 15 is 0 Å². The zero-order chi connectivity index (χ0) is 19.5. The van der Waals surface area contributed by atoms with Gasteiger partial charge in [-0.25, -0.2) is 0 Å². The largest absolute Gasteiger partial charge is 0.494 e. The van der Waals surface area contributed by atoms with E-state index < -0.39 is 0 Å². The molecule has 1 fully saturated rings. The van der Waals surface area contributed by atoms with E-state index in [-0.39, 0.29) is 5.91 Å². The lowest BCUT2D eigenvalue weighted by atomic mass is 10.2. The van der Waals surface area contributed by atoms with Gasteiger partial charge in [-0.1, -0.05) is 23.7 Å². The first-order chi connectivity index (χ1) is 13.7. The monoisotopic (exact) mass is 416 g/mol. The van der Waals surface area contributed by atoms with Gasteiger partial charge in [0.25, 0.3) is 5.91 Å². The molecule has 0 atom stereocenters. The SMILES string of the molecule is COc1c(C(=O)NCc2ccc(N3CCOCC3)cc2)sc2cc(Cl)ccc12. The summed E-state index contributed by atoms with van der Waals surface area (Å²) in [7, 11) is 1.58. The smallest absolute Gasteiger partial charge is 0.265 e. The first-order valence-electron chi connectivity index (χ1n) is 9.11. The van der Waals surface area contributed by atoms with Crippen LogP contribution in [0.3, 0.4) is 0 Å². The molecule has 3 aromatic rings. The van der Waals surface area contributed by atoms with Crippen molar-refractivity contribution in [1.82, 2.24) is 5.32 Å². The van der Waals surface area contributed by atoms with Gasteiger partial charge in [-0.05, 0) is 35.9 Å². The quantitative estimate of drug-likeness (QED) is 0.672. The highest BCUT2D eigenvalue weighted by atomic mass is 35.5. The molecule has 28 heavy (non-hydrogen) atoms. The molecule has 0 radical (unpaired) electrons. The van der Waals surface area contributed by atoms with Crippen LogP contribution in [0, 0.1) is 0 Å². The van der Waals surface area contributed by atoms with Crippen LogP contribution in [0.15, 0.2) is 42.5 Å². The Hall–Kier alpha value is -2.28. The number of halogens is 1. The number of hydrogen-bond donors (Lipinski definition) is 1. The molecule has 146 valence electrons. The van der Waals surface area contributed by atoms with E-state index in [9.17, 15) is 4.79 Å². The highest BCUT2D eigenvalue weighted by Gasteiger charge is 2.19. The summed E-state index contributed by atoms with van der Waals surface area (Å²) in [5, 5.41) is 4.53. The number of carbonyl (C=O) groups excluding carboxylic acids is 1. The van der Waals surface area contributed by atoms with Gasteiger partial charge in [-0.2, -0.15) is 0 Å². The average molecular weight is 417 g/mol. The molecular weight excluding hydrogens is 396 g/mol. The number of fused-ring (bicyclic) bond motifs is 1. The number of morpholine rings is 1. The normalized spacial score (nSPS) is 14.3. The maximum absolute atomic E-state index is 12.7. The van der Waals surface area contributed by atoms with Gasteiger partial charge in [0, 0.05) is 40.4 Å². The van der Waals surface area contributed by atoms with E-state index in [2.05, 4.69) is 22.3 Å². The summed E-state index contributed by atoms with van der Waals surface area (Å²) in [5.41, 5.74) is 2.23. The number of nitrogens with one attached hydrogen (secondary N) is 1. The third kappa shape index (κ3) is 3.94. The highest BCUT2D eigenvalue weighted by molar-refractivity contribution is 7.21. The molecule has 0 aliphatic carbocycles. The van der Waals surface area contributed by atoms with Gasteiger partial charge >= 0.3 is 0 Å². The van der Waals surface area contributed by atoms with E-state index in [1.165, 1.54) is 17.0 Å². The molecular formula is C21H21ClN2O3S. The van der Waals surface area contributed by atoms with Crippen molar-refractivity contribution in [3.8, 4) is 5.75 Å². The Morgan fingerprint density at radius 1 is 1.21 bits per heavy atom. The zero-order valence-corrected chi connectivity index (χ0v) is 17.1. The van der Waals surface area contributed by atoms with Crippen LogP contribution in [0.2, 0.25) is 5.02 Å². The summed E-state index contributed by atoms with van der Waals surface area (Å²) in [6, 6.07) is 13.8. The minimum Gasteiger partial charge on any atom is -0.494 e. The second kappa shape index (κ2) is 8.39. The van der Waals surface area contributed by atoms with E-state index in [1.807, 2.05) is 24.3 Å². The first-order valence-corrected chi connectivity index (χ1v) is 10.3. The number of methoxy groups -OCH3 is 1. The maximum atomic E-state index is 12.7. The maximum Gasteiger partial charge on any atom is 0.265 e. The predicted octanol–water partition coefficient (Wildman–Crippen LogP) is 4.33. The molecule has 1 aliphatic heterocycles. The number of thiophene rings is 1. The average Bonchev–Trinajstić information content (AvgIpc) is 3.10. The van der Waals surface area contributed by atoms with Crippen molar-refractivity contribution in [2.75, 3.05) is 38.3 Å². The molecule has 0 bridgehead atoms.